The number of aryl methyl sites for hydroxylation is 1. The molecule has 0 saturated carbocycles. The average molecular weight is 209 g/mol. The first-order chi connectivity index (χ1) is 5.27. The van der Waals surface area contributed by atoms with Crippen LogP contribution in [0.5, 0.6) is 0 Å². The monoisotopic (exact) mass is 208 g/mol. The van der Waals surface area contributed by atoms with Crippen LogP contribution in [0.25, 0.3) is 6.08 Å². The van der Waals surface area contributed by atoms with E-state index in [9.17, 15) is 0 Å². The van der Waals surface area contributed by atoms with Gasteiger partial charge in [0.1, 0.15) is 0 Å². The maximum atomic E-state index is 3.58. The Balaban J connectivity index is 2.58. The van der Waals surface area contributed by atoms with Gasteiger partial charge in [-0.25, -0.2) is 0 Å². The van der Waals surface area contributed by atoms with E-state index in [4.69, 9.17) is 0 Å². The van der Waals surface area contributed by atoms with Crippen LogP contribution in [0.1, 0.15) is 21.5 Å². The highest BCUT2D eigenvalue weighted by atomic mass is 79.9. The van der Waals surface area contributed by atoms with E-state index in [1.807, 2.05) is 0 Å². The predicted molar refractivity (Wildman–Crippen MR) is 51.9 cm³/mol. The van der Waals surface area contributed by atoms with Gasteiger partial charge in [-0.1, -0.05) is 51.8 Å². The van der Waals surface area contributed by atoms with Crippen molar-refractivity contribution in [3.05, 3.63) is 41.0 Å². The van der Waals surface area contributed by atoms with Gasteiger partial charge in [-0.05, 0) is 18.1 Å². The van der Waals surface area contributed by atoms with Crippen molar-refractivity contribution >= 4 is 22.0 Å². The van der Waals surface area contributed by atoms with Crippen molar-refractivity contribution < 1.29 is 0 Å². The molecule has 1 aliphatic rings. The first kappa shape index (κ1) is 7.11. The first-order valence-electron chi connectivity index (χ1n) is 3.70. The molecule has 1 aromatic carbocycles. The number of rotatable bonds is 0. The summed E-state index contributed by atoms with van der Waals surface area (Å²) in [5, 5.41) is 0. The van der Waals surface area contributed by atoms with Gasteiger partial charge in [0.2, 0.25) is 0 Å². The van der Waals surface area contributed by atoms with Gasteiger partial charge in [-0.3, -0.25) is 0 Å². The fourth-order valence-corrected chi connectivity index (χ4v) is 1.93. The van der Waals surface area contributed by atoms with Crippen LogP contribution in [0.2, 0.25) is 0 Å². The zero-order valence-corrected chi connectivity index (χ0v) is 7.93. The number of hydrogen-bond acceptors (Lipinski definition) is 0. The average Bonchev–Trinajstić information content (AvgIpc) is 2.33. The fourth-order valence-electron chi connectivity index (χ4n) is 1.38. The van der Waals surface area contributed by atoms with Gasteiger partial charge in [0, 0.05) is 0 Å². The Morgan fingerprint density at radius 1 is 1.36 bits per heavy atom. The van der Waals surface area contributed by atoms with E-state index in [2.05, 4.69) is 53.2 Å². The third-order valence-corrected chi connectivity index (χ3v) is 2.78. The van der Waals surface area contributed by atoms with E-state index in [-0.39, 0.29) is 0 Å². The molecule has 0 heterocycles. The molecule has 0 saturated heterocycles. The molecule has 0 radical (unpaired) electrons. The van der Waals surface area contributed by atoms with Crippen LogP contribution in [0.15, 0.2) is 24.3 Å². The van der Waals surface area contributed by atoms with E-state index in [1.54, 1.807) is 0 Å². The first-order valence-corrected chi connectivity index (χ1v) is 4.62. The van der Waals surface area contributed by atoms with E-state index < -0.39 is 0 Å². The van der Waals surface area contributed by atoms with Crippen LogP contribution >= 0.6 is 15.9 Å². The lowest BCUT2D eigenvalue weighted by Crippen LogP contribution is -1.84. The molecule has 1 aliphatic carbocycles. The zero-order valence-electron chi connectivity index (χ0n) is 6.34. The third kappa shape index (κ3) is 1.14. The van der Waals surface area contributed by atoms with Crippen molar-refractivity contribution in [3.8, 4) is 0 Å². The summed E-state index contributed by atoms with van der Waals surface area (Å²) in [5.74, 6) is 0. The Hall–Kier alpha value is -0.560. The summed E-state index contributed by atoms with van der Waals surface area (Å²) in [6, 6.07) is 6.55. The minimum atomic E-state index is 0.428. The Morgan fingerprint density at radius 3 is 3.00 bits per heavy atom. The molecule has 0 nitrogen and oxygen atoms in total. The van der Waals surface area contributed by atoms with E-state index in [0.717, 1.165) is 0 Å². The van der Waals surface area contributed by atoms with Crippen molar-refractivity contribution in [2.24, 2.45) is 0 Å². The Kier molecular flexibility index (Phi) is 1.61. The van der Waals surface area contributed by atoms with Crippen LogP contribution in [-0.2, 0) is 0 Å². The lowest BCUT2D eigenvalue weighted by atomic mass is 10.1. The van der Waals surface area contributed by atoms with Gasteiger partial charge in [0.15, 0.2) is 0 Å². The molecule has 2 rings (SSSR count). The molecule has 0 aliphatic heterocycles. The maximum Gasteiger partial charge on any atom is 0.0584 e. The van der Waals surface area contributed by atoms with Crippen molar-refractivity contribution in [1.82, 2.24) is 0 Å². The molecular formula is C10H9Br. The molecular weight excluding hydrogens is 200 g/mol. The van der Waals surface area contributed by atoms with Crippen LogP contribution in [0.4, 0.5) is 0 Å². The molecule has 1 unspecified atom stereocenters. The van der Waals surface area contributed by atoms with Crippen LogP contribution in [0.3, 0.4) is 0 Å². The van der Waals surface area contributed by atoms with Gasteiger partial charge in [-0.15, -0.1) is 0 Å². The molecule has 1 heteroatoms. The Morgan fingerprint density at radius 2 is 2.18 bits per heavy atom. The number of fused-ring (bicyclic) bond motifs is 1. The molecule has 0 aromatic heterocycles. The highest BCUT2D eigenvalue weighted by Crippen LogP contribution is 2.34. The number of hydrogen-bond donors (Lipinski definition) is 0. The van der Waals surface area contributed by atoms with Gasteiger partial charge >= 0.3 is 0 Å². The summed E-state index contributed by atoms with van der Waals surface area (Å²) in [4.78, 5) is 0.428. The van der Waals surface area contributed by atoms with E-state index in [0.29, 0.717) is 4.83 Å². The topological polar surface area (TPSA) is 0 Å². The molecule has 1 atom stereocenters. The molecule has 11 heavy (non-hydrogen) atoms. The third-order valence-electron chi connectivity index (χ3n) is 1.98. The number of benzene rings is 1. The summed E-state index contributed by atoms with van der Waals surface area (Å²) in [6.07, 6.45) is 4.33. The molecule has 0 bridgehead atoms. The zero-order chi connectivity index (χ0) is 7.84. The Labute approximate surface area is 75.1 Å². The second kappa shape index (κ2) is 2.49. The van der Waals surface area contributed by atoms with Crippen molar-refractivity contribution in [2.45, 2.75) is 11.8 Å². The van der Waals surface area contributed by atoms with Crippen LogP contribution < -0.4 is 0 Å². The smallest absolute Gasteiger partial charge is 0.0584 e. The summed E-state index contributed by atoms with van der Waals surface area (Å²) in [5.41, 5.74) is 4.07. The lowest BCUT2D eigenvalue weighted by molar-refractivity contribution is 1.27. The standard InChI is InChI=1S/C10H9Br/c1-7-2-3-8-4-5-10(11)9(8)6-7/h2-6,10H,1H3. The minimum Gasteiger partial charge on any atom is -0.0793 e. The number of halogens is 1. The molecule has 0 N–H and O–H groups in total. The largest absolute Gasteiger partial charge is 0.0793 e. The molecule has 0 fully saturated rings. The highest BCUT2D eigenvalue weighted by molar-refractivity contribution is 9.09. The summed E-state index contributed by atoms with van der Waals surface area (Å²) < 4.78 is 0. The van der Waals surface area contributed by atoms with Gasteiger partial charge in [0.05, 0.1) is 4.83 Å². The van der Waals surface area contributed by atoms with Crippen molar-refractivity contribution in [3.63, 3.8) is 0 Å². The summed E-state index contributed by atoms with van der Waals surface area (Å²) >= 11 is 3.58. The summed E-state index contributed by atoms with van der Waals surface area (Å²) in [6.45, 7) is 2.12. The van der Waals surface area contributed by atoms with Gasteiger partial charge in [0.25, 0.3) is 0 Å². The quantitative estimate of drug-likeness (QED) is 0.574. The van der Waals surface area contributed by atoms with Gasteiger partial charge in [-0.2, -0.15) is 0 Å². The second-order valence-corrected chi connectivity index (χ2v) is 3.88. The van der Waals surface area contributed by atoms with Gasteiger partial charge < -0.3 is 0 Å². The lowest BCUT2D eigenvalue weighted by Gasteiger charge is -2.03. The van der Waals surface area contributed by atoms with E-state index >= 15 is 0 Å². The maximum absolute atomic E-state index is 3.58. The minimum absolute atomic E-state index is 0.428. The van der Waals surface area contributed by atoms with Crippen LogP contribution in [-0.4, -0.2) is 0 Å². The molecule has 0 spiro atoms. The SMILES string of the molecule is Cc1ccc2c(c1)C(Br)C=C2. The van der Waals surface area contributed by atoms with Crippen molar-refractivity contribution in [1.29, 1.82) is 0 Å². The van der Waals surface area contributed by atoms with Crippen molar-refractivity contribution in [2.75, 3.05) is 0 Å². The second-order valence-electron chi connectivity index (χ2n) is 2.89. The Bertz CT molecular complexity index is 313. The van der Waals surface area contributed by atoms with Crippen LogP contribution in [0, 0.1) is 6.92 Å². The highest BCUT2D eigenvalue weighted by Gasteiger charge is 2.12. The van der Waals surface area contributed by atoms with E-state index in [1.165, 1.54) is 16.7 Å². The number of allylic oxidation sites excluding steroid dienone is 1. The number of alkyl halides is 1. The molecule has 0 amide bonds. The molecule has 56 valence electrons. The normalized spacial score (nSPS) is 20.4. The predicted octanol–water partition coefficient (Wildman–Crippen LogP) is 3.46. The summed E-state index contributed by atoms with van der Waals surface area (Å²) in [7, 11) is 0. The molecule has 1 aromatic rings. The fraction of sp³-hybridized carbons (Fsp3) is 0.200.